The summed E-state index contributed by atoms with van der Waals surface area (Å²) in [5.74, 6) is -1.27. The molecule has 0 bridgehead atoms. The molecule has 0 aromatic heterocycles. The van der Waals surface area contributed by atoms with Gasteiger partial charge in [0, 0.05) is 18.8 Å². The maximum atomic E-state index is 13.0. The molecule has 2 heterocycles. The summed E-state index contributed by atoms with van der Waals surface area (Å²) in [4.78, 5) is 28.5. The van der Waals surface area contributed by atoms with Crippen molar-refractivity contribution in [3.63, 3.8) is 0 Å². The summed E-state index contributed by atoms with van der Waals surface area (Å²) in [5, 5.41) is 9.20. The highest BCUT2D eigenvalue weighted by molar-refractivity contribution is 8.27. The highest BCUT2D eigenvalue weighted by Crippen LogP contribution is 2.36. The number of nitrogens with zero attached hydrogens (tertiary/aromatic N) is 2. The number of benzene rings is 2. The number of thiocarbonyl (C=S) groups is 1. The monoisotopic (exact) mass is 424 g/mol. The van der Waals surface area contributed by atoms with E-state index in [4.69, 9.17) is 12.2 Å². The Morgan fingerprint density at radius 1 is 1.17 bits per heavy atom. The third-order valence-electron chi connectivity index (χ3n) is 5.11. The van der Waals surface area contributed by atoms with Gasteiger partial charge in [-0.25, -0.2) is 4.79 Å². The fourth-order valence-electron chi connectivity index (χ4n) is 3.70. The van der Waals surface area contributed by atoms with E-state index in [0.717, 1.165) is 18.7 Å². The molecule has 2 aliphatic heterocycles. The predicted molar refractivity (Wildman–Crippen MR) is 122 cm³/mol. The molecule has 0 aliphatic carbocycles. The minimum Gasteiger partial charge on any atom is -0.478 e. The topological polar surface area (TPSA) is 60.9 Å². The normalized spacial score (nSPS) is 18.2. The zero-order valence-electron chi connectivity index (χ0n) is 15.9. The van der Waals surface area contributed by atoms with Crippen LogP contribution in [0.15, 0.2) is 47.4 Å². The second-order valence-electron chi connectivity index (χ2n) is 7.11. The van der Waals surface area contributed by atoms with Gasteiger partial charge < -0.3 is 10.0 Å². The maximum Gasteiger partial charge on any atom is 0.335 e. The van der Waals surface area contributed by atoms with Gasteiger partial charge >= 0.3 is 5.97 Å². The lowest BCUT2D eigenvalue weighted by atomic mass is 10.1. The van der Waals surface area contributed by atoms with Gasteiger partial charge in [-0.15, -0.1) is 0 Å². The Kier molecular flexibility index (Phi) is 5.43. The lowest BCUT2D eigenvalue weighted by Gasteiger charge is -2.20. The first kappa shape index (κ1) is 19.7. The number of hydrogen-bond donors (Lipinski definition) is 1. The molecule has 0 spiro atoms. The SMILES string of the molecule is Cc1cc(/C=C2/SC(=S)N(c3cccc(C(=O)O)c3)C2=O)ccc1N1CCCC1. The lowest BCUT2D eigenvalue weighted by molar-refractivity contribution is -0.113. The Bertz CT molecular complexity index is 1040. The molecule has 0 radical (unpaired) electrons. The zero-order chi connectivity index (χ0) is 20.5. The summed E-state index contributed by atoms with van der Waals surface area (Å²) in [6, 6.07) is 12.5. The largest absolute Gasteiger partial charge is 0.478 e. The molecular formula is C22H20N2O3S2. The number of rotatable bonds is 4. The Labute approximate surface area is 179 Å². The summed E-state index contributed by atoms with van der Waals surface area (Å²) < 4.78 is 0.397. The summed E-state index contributed by atoms with van der Waals surface area (Å²) in [6.45, 7) is 4.27. The van der Waals surface area contributed by atoms with Crippen molar-refractivity contribution >= 4 is 57.6 Å². The maximum absolute atomic E-state index is 13.0. The van der Waals surface area contributed by atoms with Gasteiger partial charge in [-0.05, 0) is 67.3 Å². The molecule has 0 saturated carbocycles. The summed E-state index contributed by atoms with van der Waals surface area (Å²) in [6.07, 6.45) is 4.31. The van der Waals surface area contributed by atoms with Crippen molar-refractivity contribution in [1.29, 1.82) is 0 Å². The average molecular weight is 425 g/mol. The molecule has 1 N–H and O–H groups in total. The molecule has 2 saturated heterocycles. The number of aromatic carboxylic acids is 1. The van der Waals surface area contributed by atoms with Crippen LogP contribution < -0.4 is 9.80 Å². The van der Waals surface area contributed by atoms with E-state index in [-0.39, 0.29) is 11.5 Å². The van der Waals surface area contributed by atoms with Crippen LogP contribution in [0.5, 0.6) is 0 Å². The molecule has 2 aromatic rings. The highest BCUT2D eigenvalue weighted by Gasteiger charge is 2.33. The average Bonchev–Trinajstić information content (AvgIpc) is 3.31. The number of carbonyl (C=O) groups is 2. The molecule has 2 fully saturated rings. The molecule has 148 valence electrons. The van der Waals surface area contributed by atoms with Crippen molar-refractivity contribution in [2.75, 3.05) is 22.9 Å². The fraction of sp³-hybridized carbons (Fsp3) is 0.227. The first-order valence-electron chi connectivity index (χ1n) is 9.41. The van der Waals surface area contributed by atoms with Crippen LogP contribution in [0.2, 0.25) is 0 Å². The molecule has 29 heavy (non-hydrogen) atoms. The predicted octanol–water partition coefficient (Wildman–Crippen LogP) is 4.70. The fourth-order valence-corrected chi connectivity index (χ4v) is 5.00. The van der Waals surface area contributed by atoms with Crippen LogP contribution in [0, 0.1) is 6.92 Å². The minimum absolute atomic E-state index is 0.119. The zero-order valence-corrected chi connectivity index (χ0v) is 17.6. The summed E-state index contributed by atoms with van der Waals surface area (Å²) >= 11 is 6.63. The number of carbonyl (C=O) groups excluding carboxylic acids is 1. The Balaban J connectivity index is 1.60. The van der Waals surface area contributed by atoms with Crippen LogP contribution in [0.4, 0.5) is 11.4 Å². The third-order valence-corrected chi connectivity index (χ3v) is 6.41. The van der Waals surface area contributed by atoms with Gasteiger partial charge in [0.25, 0.3) is 5.91 Å². The third kappa shape index (κ3) is 3.93. The number of carboxylic acid groups (broad SMARTS) is 1. The van der Waals surface area contributed by atoms with E-state index in [0.29, 0.717) is 14.9 Å². The van der Waals surface area contributed by atoms with E-state index in [1.54, 1.807) is 12.1 Å². The van der Waals surface area contributed by atoms with Gasteiger partial charge in [-0.1, -0.05) is 36.1 Å². The highest BCUT2D eigenvalue weighted by atomic mass is 32.2. The van der Waals surface area contributed by atoms with Crippen molar-refractivity contribution in [3.05, 3.63) is 64.1 Å². The molecule has 2 aromatic carbocycles. The number of thioether (sulfide) groups is 1. The summed E-state index contributed by atoms with van der Waals surface area (Å²) in [5.41, 5.74) is 3.97. The van der Waals surface area contributed by atoms with Crippen LogP contribution in [-0.4, -0.2) is 34.4 Å². The Morgan fingerprint density at radius 2 is 1.93 bits per heavy atom. The van der Waals surface area contributed by atoms with Crippen LogP contribution in [0.25, 0.3) is 6.08 Å². The van der Waals surface area contributed by atoms with Gasteiger partial charge in [0.15, 0.2) is 4.32 Å². The van der Waals surface area contributed by atoms with Crippen molar-refractivity contribution in [3.8, 4) is 0 Å². The van der Waals surface area contributed by atoms with E-state index in [2.05, 4.69) is 24.0 Å². The van der Waals surface area contributed by atoms with Gasteiger partial charge in [-0.3, -0.25) is 9.69 Å². The van der Waals surface area contributed by atoms with Crippen LogP contribution in [0.3, 0.4) is 0 Å². The quantitative estimate of drug-likeness (QED) is 0.567. The molecule has 2 aliphatic rings. The molecular weight excluding hydrogens is 404 g/mol. The smallest absolute Gasteiger partial charge is 0.335 e. The lowest BCUT2D eigenvalue weighted by Crippen LogP contribution is -2.27. The Hall–Kier alpha value is -2.64. The molecule has 7 heteroatoms. The van der Waals surface area contributed by atoms with E-state index in [9.17, 15) is 14.7 Å². The first-order chi connectivity index (χ1) is 13.9. The van der Waals surface area contributed by atoms with Crippen molar-refractivity contribution < 1.29 is 14.7 Å². The number of carboxylic acids is 1. The van der Waals surface area contributed by atoms with Gasteiger partial charge in [0.05, 0.1) is 16.2 Å². The molecule has 0 atom stereocenters. The van der Waals surface area contributed by atoms with Gasteiger partial charge in [0.1, 0.15) is 0 Å². The summed E-state index contributed by atoms with van der Waals surface area (Å²) in [7, 11) is 0. The number of amides is 1. The number of aryl methyl sites for hydroxylation is 1. The molecule has 1 amide bonds. The van der Waals surface area contributed by atoms with Gasteiger partial charge in [-0.2, -0.15) is 0 Å². The second-order valence-corrected chi connectivity index (χ2v) is 8.79. The molecule has 0 unspecified atom stereocenters. The number of hydrogen-bond acceptors (Lipinski definition) is 5. The van der Waals surface area contributed by atoms with Crippen molar-refractivity contribution in [1.82, 2.24) is 0 Å². The van der Waals surface area contributed by atoms with E-state index in [1.165, 1.54) is 52.9 Å². The Morgan fingerprint density at radius 3 is 2.62 bits per heavy atom. The van der Waals surface area contributed by atoms with Crippen molar-refractivity contribution in [2.45, 2.75) is 19.8 Å². The molecule has 4 rings (SSSR count). The van der Waals surface area contributed by atoms with E-state index in [1.807, 2.05) is 12.1 Å². The molecule has 5 nitrogen and oxygen atoms in total. The van der Waals surface area contributed by atoms with Crippen LogP contribution in [0.1, 0.15) is 34.3 Å². The van der Waals surface area contributed by atoms with E-state index >= 15 is 0 Å². The van der Waals surface area contributed by atoms with Crippen LogP contribution in [-0.2, 0) is 4.79 Å². The van der Waals surface area contributed by atoms with Crippen molar-refractivity contribution in [2.24, 2.45) is 0 Å². The first-order valence-corrected chi connectivity index (χ1v) is 10.6. The minimum atomic E-state index is -1.04. The standard InChI is InChI=1S/C22H20N2O3S2/c1-14-11-15(7-8-18(14)23-9-2-3-10-23)12-19-20(25)24(22(28)29-19)17-6-4-5-16(13-17)21(26)27/h4-8,11-13H,2-3,9-10H2,1H3,(H,26,27)/b19-12+. The van der Waals surface area contributed by atoms with E-state index < -0.39 is 5.97 Å². The second kappa shape index (κ2) is 8.00. The van der Waals surface area contributed by atoms with Crippen LogP contribution >= 0.6 is 24.0 Å². The van der Waals surface area contributed by atoms with Gasteiger partial charge in [0.2, 0.25) is 0 Å². The number of anilines is 2.